The number of aliphatic imine (C=N–C) groups is 1. The molecule has 1 heterocycles. The SMILES string of the molecule is CN=C(NCc1ccc(COCC(F)(F)F)cc1)N1CCC(C)CC1. The predicted octanol–water partition coefficient (Wildman–Crippen LogP) is 3.57. The number of nitrogens with one attached hydrogen (secondary N) is 1. The van der Waals surface area contributed by atoms with Crippen molar-refractivity contribution in [2.24, 2.45) is 10.9 Å². The number of guanidine groups is 1. The maximum atomic E-state index is 12.1. The molecule has 1 aliphatic rings. The Morgan fingerprint density at radius 1 is 1.20 bits per heavy atom. The largest absolute Gasteiger partial charge is 0.411 e. The van der Waals surface area contributed by atoms with E-state index in [4.69, 9.17) is 0 Å². The maximum Gasteiger partial charge on any atom is 0.411 e. The Bertz CT molecular complexity index is 550. The fourth-order valence-electron chi connectivity index (χ4n) is 2.77. The number of likely N-dealkylation sites (tertiary alicyclic amines) is 1. The van der Waals surface area contributed by atoms with Crippen LogP contribution in [0.2, 0.25) is 0 Å². The molecule has 140 valence electrons. The Hall–Kier alpha value is -1.76. The first-order chi connectivity index (χ1) is 11.9. The maximum absolute atomic E-state index is 12.1. The van der Waals surface area contributed by atoms with Gasteiger partial charge in [-0.1, -0.05) is 31.2 Å². The van der Waals surface area contributed by atoms with E-state index in [0.29, 0.717) is 6.54 Å². The fraction of sp³-hybridized carbons (Fsp3) is 0.611. The smallest absolute Gasteiger partial charge is 0.367 e. The van der Waals surface area contributed by atoms with Crippen LogP contribution in [0.3, 0.4) is 0 Å². The van der Waals surface area contributed by atoms with Crippen LogP contribution in [0.15, 0.2) is 29.3 Å². The van der Waals surface area contributed by atoms with Crippen molar-refractivity contribution in [2.45, 2.75) is 39.1 Å². The summed E-state index contributed by atoms with van der Waals surface area (Å²) in [4.78, 5) is 6.60. The summed E-state index contributed by atoms with van der Waals surface area (Å²) in [5, 5.41) is 3.35. The van der Waals surface area contributed by atoms with Crippen molar-refractivity contribution in [3.8, 4) is 0 Å². The highest BCUT2D eigenvalue weighted by atomic mass is 19.4. The number of benzene rings is 1. The third-order valence-corrected chi connectivity index (χ3v) is 4.30. The van der Waals surface area contributed by atoms with Gasteiger partial charge in [0.2, 0.25) is 0 Å². The van der Waals surface area contributed by atoms with Crippen molar-refractivity contribution in [1.29, 1.82) is 0 Å². The van der Waals surface area contributed by atoms with Gasteiger partial charge in [0, 0.05) is 26.7 Å². The zero-order valence-corrected chi connectivity index (χ0v) is 14.8. The van der Waals surface area contributed by atoms with Crippen molar-refractivity contribution >= 4 is 5.96 Å². The van der Waals surface area contributed by atoms with E-state index in [-0.39, 0.29) is 6.61 Å². The van der Waals surface area contributed by atoms with Gasteiger partial charge in [0.25, 0.3) is 0 Å². The van der Waals surface area contributed by atoms with Gasteiger partial charge < -0.3 is 15.0 Å². The number of ether oxygens (including phenoxy) is 1. The number of rotatable bonds is 5. The highest BCUT2D eigenvalue weighted by Gasteiger charge is 2.27. The lowest BCUT2D eigenvalue weighted by molar-refractivity contribution is -0.176. The normalized spacial score (nSPS) is 17.0. The second-order valence-corrected chi connectivity index (χ2v) is 6.49. The first kappa shape index (κ1) is 19.6. The third kappa shape index (κ3) is 6.94. The molecule has 0 bridgehead atoms. The standard InChI is InChI=1S/C18H26F3N3O/c1-14-7-9-24(10-8-14)17(22-2)23-11-15-3-5-16(6-4-15)12-25-13-18(19,20)21/h3-6,14H,7-13H2,1-2H3,(H,22,23). The Labute approximate surface area is 147 Å². The van der Waals surface area contributed by atoms with Crippen molar-refractivity contribution < 1.29 is 17.9 Å². The van der Waals surface area contributed by atoms with Gasteiger partial charge in [0.05, 0.1) is 6.61 Å². The molecule has 1 saturated heterocycles. The van der Waals surface area contributed by atoms with Gasteiger partial charge in [0.1, 0.15) is 6.61 Å². The minimum absolute atomic E-state index is 0.0408. The van der Waals surface area contributed by atoms with E-state index in [0.717, 1.165) is 36.1 Å². The molecule has 2 rings (SSSR count). The number of nitrogens with zero attached hydrogens (tertiary/aromatic N) is 2. The van der Waals surface area contributed by atoms with Gasteiger partial charge in [-0.25, -0.2) is 0 Å². The van der Waals surface area contributed by atoms with E-state index >= 15 is 0 Å². The minimum atomic E-state index is -4.29. The summed E-state index contributed by atoms with van der Waals surface area (Å²) in [6, 6.07) is 7.37. The van der Waals surface area contributed by atoms with Crippen LogP contribution in [0.1, 0.15) is 30.9 Å². The van der Waals surface area contributed by atoms with Gasteiger partial charge in [0.15, 0.2) is 5.96 Å². The molecule has 1 aromatic carbocycles. The van der Waals surface area contributed by atoms with Crippen LogP contribution in [-0.4, -0.2) is 43.8 Å². The van der Waals surface area contributed by atoms with E-state index in [1.165, 1.54) is 12.8 Å². The van der Waals surface area contributed by atoms with Crippen LogP contribution in [0, 0.1) is 5.92 Å². The van der Waals surface area contributed by atoms with Crippen LogP contribution < -0.4 is 5.32 Å². The number of alkyl halides is 3. The molecule has 0 atom stereocenters. The monoisotopic (exact) mass is 357 g/mol. The molecule has 4 nitrogen and oxygen atoms in total. The van der Waals surface area contributed by atoms with E-state index in [1.54, 1.807) is 19.2 Å². The molecule has 1 aromatic rings. The van der Waals surface area contributed by atoms with Crippen LogP contribution in [0.4, 0.5) is 13.2 Å². The summed E-state index contributed by atoms with van der Waals surface area (Å²) in [6.45, 7) is 3.66. The summed E-state index contributed by atoms with van der Waals surface area (Å²) in [5.41, 5.74) is 1.77. The first-order valence-electron chi connectivity index (χ1n) is 8.55. The van der Waals surface area contributed by atoms with E-state index < -0.39 is 12.8 Å². The van der Waals surface area contributed by atoms with Gasteiger partial charge in [-0.05, 0) is 29.9 Å². The molecular formula is C18H26F3N3O. The molecular weight excluding hydrogens is 331 g/mol. The molecule has 1 aliphatic heterocycles. The van der Waals surface area contributed by atoms with Crippen LogP contribution in [-0.2, 0) is 17.9 Å². The van der Waals surface area contributed by atoms with Crippen LogP contribution in [0.5, 0.6) is 0 Å². The van der Waals surface area contributed by atoms with Gasteiger partial charge in [-0.3, -0.25) is 4.99 Å². The zero-order chi connectivity index (χ0) is 18.3. The molecule has 0 saturated carbocycles. The quantitative estimate of drug-likeness (QED) is 0.647. The first-order valence-corrected chi connectivity index (χ1v) is 8.55. The van der Waals surface area contributed by atoms with Gasteiger partial charge in [-0.2, -0.15) is 13.2 Å². The molecule has 1 fully saturated rings. The summed E-state index contributed by atoms with van der Waals surface area (Å²) in [7, 11) is 1.78. The van der Waals surface area contributed by atoms with Crippen molar-refractivity contribution in [3.05, 3.63) is 35.4 Å². The third-order valence-electron chi connectivity index (χ3n) is 4.30. The Kier molecular flexibility index (Phi) is 7.11. The second kappa shape index (κ2) is 9.08. The zero-order valence-electron chi connectivity index (χ0n) is 14.8. The predicted molar refractivity (Wildman–Crippen MR) is 92.3 cm³/mol. The molecule has 0 aromatic heterocycles. The Morgan fingerprint density at radius 2 is 1.80 bits per heavy atom. The highest BCUT2D eigenvalue weighted by Crippen LogP contribution is 2.17. The lowest BCUT2D eigenvalue weighted by Gasteiger charge is -2.32. The summed E-state index contributed by atoms with van der Waals surface area (Å²) >= 11 is 0. The molecule has 7 heteroatoms. The lowest BCUT2D eigenvalue weighted by Crippen LogP contribution is -2.45. The number of hydrogen-bond donors (Lipinski definition) is 1. The number of piperidine rings is 1. The van der Waals surface area contributed by atoms with Gasteiger partial charge >= 0.3 is 6.18 Å². The molecule has 1 N–H and O–H groups in total. The van der Waals surface area contributed by atoms with E-state index in [2.05, 4.69) is 26.9 Å². The number of halogens is 3. The van der Waals surface area contributed by atoms with Gasteiger partial charge in [-0.15, -0.1) is 0 Å². The van der Waals surface area contributed by atoms with Crippen molar-refractivity contribution in [2.75, 3.05) is 26.7 Å². The molecule has 0 radical (unpaired) electrons. The topological polar surface area (TPSA) is 36.9 Å². The second-order valence-electron chi connectivity index (χ2n) is 6.49. The average Bonchev–Trinajstić information content (AvgIpc) is 2.57. The Balaban J connectivity index is 1.78. The van der Waals surface area contributed by atoms with Crippen molar-refractivity contribution in [1.82, 2.24) is 10.2 Å². The van der Waals surface area contributed by atoms with Crippen LogP contribution in [0.25, 0.3) is 0 Å². The number of hydrogen-bond acceptors (Lipinski definition) is 2. The lowest BCUT2D eigenvalue weighted by atomic mass is 9.99. The highest BCUT2D eigenvalue weighted by molar-refractivity contribution is 5.79. The Morgan fingerprint density at radius 3 is 2.36 bits per heavy atom. The minimum Gasteiger partial charge on any atom is -0.367 e. The molecule has 25 heavy (non-hydrogen) atoms. The summed E-state index contributed by atoms with van der Waals surface area (Å²) in [5.74, 6) is 1.66. The molecule has 0 aliphatic carbocycles. The summed E-state index contributed by atoms with van der Waals surface area (Å²) in [6.07, 6.45) is -1.94. The molecule has 0 unspecified atom stereocenters. The molecule has 0 amide bonds. The average molecular weight is 357 g/mol. The van der Waals surface area contributed by atoms with E-state index in [1.807, 2.05) is 12.1 Å². The van der Waals surface area contributed by atoms with Crippen LogP contribution >= 0.6 is 0 Å². The summed E-state index contributed by atoms with van der Waals surface area (Å²) < 4.78 is 40.8. The molecule has 0 spiro atoms. The fourth-order valence-corrected chi connectivity index (χ4v) is 2.77. The van der Waals surface area contributed by atoms with Crippen molar-refractivity contribution in [3.63, 3.8) is 0 Å². The van der Waals surface area contributed by atoms with E-state index in [9.17, 15) is 13.2 Å².